The van der Waals surface area contributed by atoms with Crippen LogP contribution >= 0.6 is 0 Å². The van der Waals surface area contributed by atoms with Crippen molar-refractivity contribution >= 4 is 22.8 Å². The predicted octanol–water partition coefficient (Wildman–Crippen LogP) is 1.64. The molecule has 0 spiro atoms. The van der Waals surface area contributed by atoms with Crippen LogP contribution in [0.2, 0.25) is 0 Å². The first-order valence-corrected chi connectivity index (χ1v) is 8.06. The van der Waals surface area contributed by atoms with E-state index in [9.17, 15) is 9.59 Å². The molecule has 0 bridgehead atoms. The zero-order chi connectivity index (χ0) is 17.1. The van der Waals surface area contributed by atoms with Gasteiger partial charge in [-0.1, -0.05) is 0 Å². The second-order valence-corrected chi connectivity index (χ2v) is 6.05. The molecule has 7 heteroatoms. The van der Waals surface area contributed by atoms with Crippen molar-refractivity contribution in [2.75, 3.05) is 19.7 Å². The number of ether oxygens (including phenoxy) is 1. The van der Waals surface area contributed by atoms with Gasteiger partial charge >= 0.3 is 0 Å². The van der Waals surface area contributed by atoms with Crippen LogP contribution < -0.4 is 10.1 Å². The third kappa shape index (κ3) is 3.67. The number of piperidine rings is 1. The Kier molecular flexibility index (Phi) is 4.69. The summed E-state index contributed by atoms with van der Waals surface area (Å²) in [4.78, 5) is 29.5. The van der Waals surface area contributed by atoms with E-state index in [0.29, 0.717) is 24.6 Å². The lowest BCUT2D eigenvalue weighted by Crippen LogP contribution is -2.50. The monoisotopic (exact) mass is 331 g/mol. The standard InChI is InChI=1S/C17H21N3O4/c1-11-8-14-15(24-11)5-6-18-17(14)23-10-16(22)20-7-3-4-13(9-20)19-12(2)21/h5-6,8,13H,3-4,7,9-10H2,1-2H3,(H,19,21). The van der Waals surface area contributed by atoms with Crippen molar-refractivity contribution in [3.8, 4) is 5.88 Å². The topological polar surface area (TPSA) is 84.7 Å². The van der Waals surface area contributed by atoms with E-state index >= 15 is 0 Å². The Hall–Kier alpha value is -2.57. The average molecular weight is 331 g/mol. The number of hydrogen-bond donors (Lipinski definition) is 1. The maximum absolute atomic E-state index is 12.4. The molecule has 1 unspecified atom stereocenters. The second-order valence-electron chi connectivity index (χ2n) is 6.05. The Morgan fingerprint density at radius 1 is 1.50 bits per heavy atom. The molecule has 2 amide bonds. The number of aromatic nitrogens is 1. The quantitative estimate of drug-likeness (QED) is 0.921. The summed E-state index contributed by atoms with van der Waals surface area (Å²) in [6, 6.07) is 3.62. The van der Waals surface area contributed by atoms with Crippen LogP contribution in [0.15, 0.2) is 22.7 Å². The van der Waals surface area contributed by atoms with E-state index in [4.69, 9.17) is 9.15 Å². The fourth-order valence-electron chi connectivity index (χ4n) is 3.01. The second kappa shape index (κ2) is 6.90. The molecular formula is C17H21N3O4. The lowest BCUT2D eigenvalue weighted by Gasteiger charge is -2.32. The summed E-state index contributed by atoms with van der Waals surface area (Å²) in [6.07, 6.45) is 3.35. The number of aryl methyl sites for hydroxylation is 1. The zero-order valence-electron chi connectivity index (χ0n) is 13.9. The first kappa shape index (κ1) is 16.3. The molecular weight excluding hydrogens is 310 g/mol. The van der Waals surface area contributed by atoms with Crippen molar-refractivity contribution in [1.82, 2.24) is 15.2 Å². The van der Waals surface area contributed by atoms with Crippen LogP contribution in [-0.4, -0.2) is 47.4 Å². The number of hydrogen-bond acceptors (Lipinski definition) is 5. The van der Waals surface area contributed by atoms with Crippen molar-refractivity contribution in [3.63, 3.8) is 0 Å². The van der Waals surface area contributed by atoms with E-state index in [0.717, 1.165) is 24.0 Å². The molecule has 24 heavy (non-hydrogen) atoms. The highest BCUT2D eigenvalue weighted by Gasteiger charge is 2.24. The van der Waals surface area contributed by atoms with Crippen LogP contribution in [0.25, 0.3) is 11.0 Å². The first-order valence-electron chi connectivity index (χ1n) is 8.06. The van der Waals surface area contributed by atoms with Crippen molar-refractivity contribution in [2.24, 2.45) is 0 Å². The largest absolute Gasteiger partial charge is 0.467 e. The van der Waals surface area contributed by atoms with Gasteiger partial charge in [0.15, 0.2) is 6.61 Å². The summed E-state index contributed by atoms with van der Waals surface area (Å²) in [7, 11) is 0. The highest BCUT2D eigenvalue weighted by molar-refractivity contribution is 5.84. The van der Waals surface area contributed by atoms with Gasteiger partial charge < -0.3 is 19.4 Å². The van der Waals surface area contributed by atoms with E-state index in [-0.39, 0.29) is 24.5 Å². The molecule has 7 nitrogen and oxygen atoms in total. The Morgan fingerprint density at radius 3 is 3.12 bits per heavy atom. The number of nitrogens with zero attached hydrogens (tertiary/aromatic N) is 2. The van der Waals surface area contributed by atoms with Crippen molar-refractivity contribution in [1.29, 1.82) is 0 Å². The van der Waals surface area contributed by atoms with Crippen molar-refractivity contribution in [2.45, 2.75) is 32.7 Å². The highest BCUT2D eigenvalue weighted by Crippen LogP contribution is 2.26. The average Bonchev–Trinajstić information content (AvgIpc) is 2.93. The number of carbonyl (C=O) groups is 2. The number of pyridine rings is 1. The molecule has 3 heterocycles. The van der Waals surface area contributed by atoms with Gasteiger partial charge in [0, 0.05) is 38.3 Å². The Bertz CT molecular complexity index is 755. The van der Waals surface area contributed by atoms with Crippen LogP contribution in [0.5, 0.6) is 5.88 Å². The molecule has 2 aromatic rings. The molecule has 2 aromatic heterocycles. The van der Waals surface area contributed by atoms with Gasteiger partial charge in [0.25, 0.3) is 5.91 Å². The molecule has 1 fully saturated rings. The maximum Gasteiger partial charge on any atom is 0.260 e. The number of nitrogens with one attached hydrogen (secondary N) is 1. The molecule has 1 aliphatic rings. The van der Waals surface area contributed by atoms with E-state index in [2.05, 4.69) is 10.3 Å². The molecule has 128 valence electrons. The van der Waals surface area contributed by atoms with Crippen molar-refractivity contribution in [3.05, 3.63) is 24.1 Å². The Balaban J connectivity index is 1.61. The minimum atomic E-state index is -0.107. The number of furan rings is 1. The van der Waals surface area contributed by atoms with Gasteiger partial charge in [0.05, 0.1) is 5.39 Å². The molecule has 0 aromatic carbocycles. The zero-order valence-corrected chi connectivity index (χ0v) is 13.9. The minimum Gasteiger partial charge on any atom is -0.467 e. The van der Waals surface area contributed by atoms with Crippen molar-refractivity contribution < 1.29 is 18.7 Å². The Labute approximate surface area is 140 Å². The number of amides is 2. The molecule has 3 rings (SSSR count). The summed E-state index contributed by atoms with van der Waals surface area (Å²) in [5, 5.41) is 3.63. The normalized spacial score (nSPS) is 17.8. The van der Waals surface area contributed by atoms with Crippen LogP contribution in [0.4, 0.5) is 0 Å². The fraction of sp³-hybridized carbons (Fsp3) is 0.471. The van der Waals surface area contributed by atoms with Crippen LogP contribution in [-0.2, 0) is 9.59 Å². The van der Waals surface area contributed by atoms with Gasteiger partial charge in [0.1, 0.15) is 11.3 Å². The van der Waals surface area contributed by atoms with E-state index < -0.39 is 0 Å². The third-order valence-electron chi connectivity index (χ3n) is 4.05. The maximum atomic E-state index is 12.4. The number of fused-ring (bicyclic) bond motifs is 1. The smallest absolute Gasteiger partial charge is 0.260 e. The fourth-order valence-corrected chi connectivity index (χ4v) is 3.01. The van der Waals surface area contributed by atoms with Gasteiger partial charge in [-0.25, -0.2) is 4.98 Å². The number of rotatable bonds is 4. The SMILES string of the molecule is CC(=O)NC1CCCN(C(=O)COc2nccc3oc(C)cc23)C1. The molecule has 0 aliphatic carbocycles. The Morgan fingerprint density at radius 2 is 2.33 bits per heavy atom. The highest BCUT2D eigenvalue weighted by atomic mass is 16.5. The summed E-state index contributed by atoms with van der Waals surface area (Å²) in [5.41, 5.74) is 0.689. The van der Waals surface area contributed by atoms with Gasteiger partial charge in [0.2, 0.25) is 11.8 Å². The summed E-state index contributed by atoms with van der Waals surface area (Å²) in [5.74, 6) is 0.984. The minimum absolute atomic E-state index is 0.0123. The third-order valence-corrected chi connectivity index (χ3v) is 4.05. The summed E-state index contributed by atoms with van der Waals surface area (Å²) >= 11 is 0. The molecule has 0 radical (unpaired) electrons. The van der Waals surface area contributed by atoms with E-state index in [1.165, 1.54) is 6.92 Å². The van der Waals surface area contributed by atoms with E-state index in [1.807, 2.05) is 13.0 Å². The molecule has 1 aliphatic heterocycles. The molecule has 1 N–H and O–H groups in total. The molecule has 1 saturated heterocycles. The van der Waals surface area contributed by atoms with Crippen LogP contribution in [0.3, 0.4) is 0 Å². The molecule has 0 saturated carbocycles. The summed E-state index contributed by atoms with van der Waals surface area (Å²) < 4.78 is 11.1. The lowest BCUT2D eigenvalue weighted by molar-refractivity contribution is -0.135. The molecule has 1 atom stereocenters. The predicted molar refractivity (Wildman–Crippen MR) is 87.7 cm³/mol. The lowest BCUT2D eigenvalue weighted by atomic mass is 10.1. The van der Waals surface area contributed by atoms with Gasteiger partial charge in [-0.3, -0.25) is 9.59 Å². The number of carbonyl (C=O) groups excluding carboxylic acids is 2. The first-order chi connectivity index (χ1) is 11.5. The van der Waals surface area contributed by atoms with Gasteiger partial charge in [-0.05, 0) is 25.8 Å². The number of likely N-dealkylation sites (tertiary alicyclic amines) is 1. The summed E-state index contributed by atoms with van der Waals surface area (Å²) in [6.45, 7) is 4.46. The van der Waals surface area contributed by atoms with Crippen LogP contribution in [0, 0.1) is 6.92 Å². The van der Waals surface area contributed by atoms with E-state index in [1.54, 1.807) is 17.2 Å². The van der Waals surface area contributed by atoms with Gasteiger partial charge in [-0.2, -0.15) is 0 Å². The van der Waals surface area contributed by atoms with Crippen LogP contribution in [0.1, 0.15) is 25.5 Å². The van der Waals surface area contributed by atoms with Gasteiger partial charge in [-0.15, -0.1) is 0 Å².